The Labute approximate surface area is 139 Å². The fourth-order valence-corrected chi connectivity index (χ4v) is 2.24. The molecule has 0 aliphatic carbocycles. The highest BCUT2D eigenvalue weighted by molar-refractivity contribution is 6.34. The molecule has 6 heteroatoms. The van der Waals surface area contributed by atoms with Crippen LogP contribution in [0.25, 0.3) is 0 Å². The summed E-state index contributed by atoms with van der Waals surface area (Å²) in [6.45, 7) is 1.82. The first kappa shape index (κ1) is 16.7. The fourth-order valence-electron chi connectivity index (χ4n) is 1.95. The number of nitrogens with zero attached hydrogens (tertiary/aromatic N) is 1. The molecule has 1 N–H and O–H groups in total. The number of rotatable bonds is 5. The third-order valence-corrected chi connectivity index (χ3v) is 3.40. The smallest absolute Gasteiger partial charge is 0.255 e. The van der Waals surface area contributed by atoms with Gasteiger partial charge in [-0.2, -0.15) is 5.26 Å². The van der Waals surface area contributed by atoms with Crippen molar-refractivity contribution in [2.45, 2.75) is 6.92 Å². The maximum Gasteiger partial charge on any atom is 0.255 e. The highest BCUT2D eigenvalue weighted by Gasteiger charge is 2.12. The van der Waals surface area contributed by atoms with Crippen molar-refractivity contribution in [2.75, 3.05) is 19.0 Å². The van der Waals surface area contributed by atoms with Gasteiger partial charge in [0.1, 0.15) is 6.07 Å². The lowest BCUT2D eigenvalue weighted by Gasteiger charge is -2.11. The van der Waals surface area contributed by atoms with Crippen LogP contribution in [0.4, 0.5) is 5.69 Å². The predicted molar refractivity (Wildman–Crippen MR) is 88.2 cm³/mol. The summed E-state index contributed by atoms with van der Waals surface area (Å²) in [4.78, 5) is 12.3. The van der Waals surface area contributed by atoms with E-state index >= 15 is 0 Å². The summed E-state index contributed by atoms with van der Waals surface area (Å²) < 4.78 is 10.4. The second-order valence-electron chi connectivity index (χ2n) is 4.75. The van der Waals surface area contributed by atoms with Crippen LogP contribution >= 0.6 is 11.6 Å². The van der Waals surface area contributed by atoms with Gasteiger partial charge in [-0.25, -0.2) is 0 Å². The van der Waals surface area contributed by atoms with E-state index in [1.165, 1.54) is 7.11 Å². The summed E-state index contributed by atoms with van der Waals surface area (Å²) in [5, 5.41) is 11.8. The second-order valence-corrected chi connectivity index (χ2v) is 5.16. The van der Waals surface area contributed by atoms with Gasteiger partial charge in [-0.3, -0.25) is 4.79 Å². The van der Waals surface area contributed by atoms with E-state index in [1.807, 2.05) is 19.1 Å². The Morgan fingerprint density at radius 1 is 1.26 bits per heavy atom. The number of halogens is 1. The van der Waals surface area contributed by atoms with Crippen LogP contribution in [0.1, 0.15) is 15.9 Å². The molecule has 0 atom stereocenters. The van der Waals surface area contributed by atoms with Gasteiger partial charge < -0.3 is 14.8 Å². The van der Waals surface area contributed by atoms with Crippen molar-refractivity contribution >= 4 is 23.2 Å². The van der Waals surface area contributed by atoms with Crippen molar-refractivity contribution < 1.29 is 14.3 Å². The highest BCUT2D eigenvalue weighted by Crippen LogP contribution is 2.29. The van der Waals surface area contributed by atoms with Gasteiger partial charge in [-0.1, -0.05) is 17.7 Å². The molecular formula is C17H15ClN2O3. The van der Waals surface area contributed by atoms with E-state index in [2.05, 4.69) is 5.32 Å². The Hall–Kier alpha value is -2.71. The normalized spacial score (nSPS) is 9.83. The minimum Gasteiger partial charge on any atom is -0.493 e. The van der Waals surface area contributed by atoms with Crippen LogP contribution < -0.4 is 14.8 Å². The zero-order chi connectivity index (χ0) is 16.8. The number of methoxy groups -OCH3 is 1. The first-order valence-electron chi connectivity index (χ1n) is 6.80. The molecule has 0 saturated heterocycles. The lowest BCUT2D eigenvalue weighted by Crippen LogP contribution is -2.12. The van der Waals surface area contributed by atoms with E-state index in [4.69, 9.17) is 26.3 Å². The molecular weight excluding hydrogens is 316 g/mol. The summed E-state index contributed by atoms with van der Waals surface area (Å²) in [5.74, 6) is 0.461. The molecule has 118 valence electrons. The Balaban J connectivity index is 2.20. The molecule has 2 rings (SSSR count). The van der Waals surface area contributed by atoms with Crippen molar-refractivity contribution in [3.63, 3.8) is 0 Å². The number of nitrogens with one attached hydrogen (secondary N) is 1. The average molecular weight is 331 g/mol. The zero-order valence-corrected chi connectivity index (χ0v) is 13.5. The van der Waals surface area contributed by atoms with Gasteiger partial charge in [0.15, 0.2) is 18.1 Å². The van der Waals surface area contributed by atoms with Crippen molar-refractivity contribution in [1.29, 1.82) is 5.26 Å². The molecule has 0 heterocycles. The predicted octanol–water partition coefficient (Wildman–Crippen LogP) is 3.81. The third kappa shape index (κ3) is 4.15. The Bertz CT molecular complexity index is 769. The van der Waals surface area contributed by atoms with E-state index < -0.39 is 0 Å². The van der Waals surface area contributed by atoms with Gasteiger partial charge >= 0.3 is 0 Å². The third-order valence-electron chi connectivity index (χ3n) is 3.09. The lowest BCUT2D eigenvalue weighted by molar-refractivity contribution is 0.102. The standard InChI is InChI=1S/C17H15ClN2O3/c1-11-3-5-14(13(18)9-11)20-17(21)12-4-6-15(23-8-7-19)16(10-12)22-2/h3-6,9-10H,8H2,1-2H3,(H,20,21). The molecule has 5 nitrogen and oxygen atoms in total. The van der Waals surface area contributed by atoms with Crippen molar-refractivity contribution in [3.05, 3.63) is 52.5 Å². The minimum absolute atomic E-state index is 0.0964. The van der Waals surface area contributed by atoms with Gasteiger partial charge in [0.2, 0.25) is 0 Å². The zero-order valence-electron chi connectivity index (χ0n) is 12.7. The molecule has 0 radical (unpaired) electrons. The molecule has 0 fully saturated rings. The summed E-state index contributed by atoms with van der Waals surface area (Å²) in [5.41, 5.74) is 1.93. The van der Waals surface area contributed by atoms with Crippen molar-refractivity contribution in [1.82, 2.24) is 0 Å². The number of benzene rings is 2. The number of hydrogen-bond acceptors (Lipinski definition) is 4. The molecule has 0 unspecified atom stereocenters. The first-order chi connectivity index (χ1) is 11.0. The Morgan fingerprint density at radius 2 is 2.04 bits per heavy atom. The number of amides is 1. The van der Waals surface area contributed by atoms with Crippen molar-refractivity contribution in [3.8, 4) is 17.6 Å². The monoisotopic (exact) mass is 330 g/mol. The van der Waals surface area contributed by atoms with Gasteiger partial charge in [0, 0.05) is 5.56 Å². The van der Waals surface area contributed by atoms with Crippen LogP contribution in [0.2, 0.25) is 5.02 Å². The average Bonchev–Trinajstić information content (AvgIpc) is 2.55. The highest BCUT2D eigenvalue weighted by atomic mass is 35.5. The lowest BCUT2D eigenvalue weighted by atomic mass is 10.1. The van der Waals surface area contributed by atoms with Crippen LogP contribution in [0, 0.1) is 18.3 Å². The van der Waals surface area contributed by atoms with E-state index in [0.29, 0.717) is 27.8 Å². The van der Waals surface area contributed by atoms with Gasteiger partial charge in [0.25, 0.3) is 5.91 Å². The van der Waals surface area contributed by atoms with E-state index in [0.717, 1.165) is 5.56 Å². The number of nitriles is 1. The second kappa shape index (κ2) is 7.52. The number of aryl methyl sites for hydroxylation is 1. The van der Waals surface area contributed by atoms with E-state index in [-0.39, 0.29) is 12.5 Å². The number of carbonyl (C=O) groups is 1. The maximum absolute atomic E-state index is 12.3. The molecule has 1 amide bonds. The molecule has 0 aromatic heterocycles. The Morgan fingerprint density at radius 3 is 2.70 bits per heavy atom. The number of carbonyl (C=O) groups excluding carboxylic acids is 1. The fraction of sp³-hybridized carbons (Fsp3) is 0.176. The molecule has 2 aromatic carbocycles. The summed E-state index contributed by atoms with van der Waals surface area (Å²) >= 11 is 6.11. The van der Waals surface area contributed by atoms with Crippen LogP contribution in [0.3, 0.4) is 0 Å². The quantitative estimate of drug-likeness (QED) is 0.904. The van der Waals surface area contributed by atoms with Crippen LogP contribution in [0.15, 0.2) is 36.4 Å². The number of anilines is 1. The first-order valence-corrected chi connectivity index (χ1v) is 7.18. The molecule has 2 aromatic rings. The van der Waals surface area contributed by atoms with Crippen LogP contribution in [-0.4, -0.2) is 19.6 Å². The van der Waals surface area contributed by atoms with Gasteiger partial charge in [-0.05, 0) is 42.8 Å². The SMILES string of the molecule is COc1cc(C(=O)Nc2ccc(C)cc2Cl)ccc1OCC#N. The molecule has 0 spiro atoms. The number of hydrogen-bond donors (Lipinski definition) is 1. The molecule has 0 aliphatic rings. The van der Waals surface area contributed by atoms with Gasteiger partial charge in [-0.15, -0.1) is 0 Å². The Kier molecular flexibility index (Phi) is 5.45. The molecule has 0 saturated carbocycles. The van der Waals surface area contributed by atoms with Crippen LogP contribution in [0.5, 0.6) is 11.5 Å². The summed E-state index contributed by atoms with van der Waals surface area (Å²) in [6, 6.07) is 12.0. The van der Waals surface area contributed by atoms with Gasteiger partial charge in [0.05, 0.1) is 17.8 Å². The number of ether oxygens (including phenoxy) is 2. The van der Waals surface area contributed by atoms with Crippen LogP contribution in [-0.2, 0) is 0 Å². The summed E-state index contributed by atoms with van der Waals surface area (Å²) in [7, 11) is 1.47. The van der Waals surface area contributed by atoms with E-state index in [9.17, 15) is 4.79 Å². The van der Waals surface area contributed by atoms with Crippen molar-refractivity contribution in [2.24, 2.45) is 0 Å². The molecule has 23 heavy (non-hydrogen) atoms. The van der Waals surface area contributed by atoms with E-state index in [1.54, 1.807) is 30.3 Å². The summed E-state index contributed by atoms with van der Waals surface area (Å²) in [6.07, 6.45) is 0. The molecule has 0 bridgehead atoms. The largest absolute Gasteiger partial charge is 0.493 e. The maximum atomic E-state index is 12.3. The molecule has 0 aliphatic heterocycles. The minimum atomic E-state index is -0.319. The topological polar surface area (TPSA) is 71.3 Å².